The van der Waals surface area contributed by atoms with Crippen LogP contribution in [0.3, 0.4) is 0 Å². The van der Waals surface area contributed by atoms with E-state index < -0.39 is 15.7 Å². The third kappa shape index (κ3) is 6.76. The van der Waals surface area contributed by atoms with Gasteiger partial charge in [0.1, 0.15) is 10.3 Å². The highest BCUT2D eigenvalue weighted by Crippen LogP contribution is 2.33. The van der Waals surface area contributed by atoms with E-state index in [-0.39, 0.29) is 22.5 Å². The van der Waals surface area contributed by atoms with Crippen LogP contribution >= 0.6 is 11.3 Å². The van der Waals surface area contributed by atoms with Gasteiger partial charge in [-0.25, -0.2) is 28.4 Å². The lowest BCUT2D eigenvalue weighted by Crippen LogP contribution is -2.24. The smallest absolute Gasteiger partial charge is 0.280 e. The van der Waals surface area contributed by atoms with E-state index >= 15 is 0 Å². The minimum atomic E-state index is -3.37. The molecule has 0 radical (unpaired) electrons. The van der Waals surface area contributed by atoms with E-state index in [2.05, 4.69) is 35.7 Å². The normalized spacial score (nSPS) is 13.8. The molecule has 40 heavy (non-hydrogen) atoms. The van der Waals surface area contributed by atoms with Crippen molar-refractivity contribution in [3.05, 3.63) is 66.2 Å². The van der Waals surface area contributed by atoms with Crippen molar-refractivity contribution < 1.29 is 22.8 Å². The molecule has 3 aromatic heterocycles. The van der Waals surface area contributed by atoms with Gasteiger partial charge in [-0.2, -0.15) is 0 Å². The Balaban J connectivity index is 1.34. The van der Waals surface area contributed by atoms with Crippen LogP contribution in [0.15, 0.2) is 64.9 Å². The summed E-state index contributed by atoms with van der Waals surface area (Å²) in [6.07, 6.45) is 5.31. The number of nitrogens with one attached hydrogen (secondary N) is 2. The van der Waals surface area contributed by atoms with Crippen LogP contribution in [0.4, 0.5) is 5.13 Å². The molecule has 0 bridgehead atoms. The van der Waals surface area contributed by atoms with Gasteiger partial charge in [0.15, 0.2) is 33.1 Å². The summed E-state index contributed by atoms with van der Waals surface area (Å²) >= 11 is 1.19. The highest BCUT2D eigenvalue weighted by molar-refractivity contribution is 7.92. The molecule has 1 aromatic carbocycles. The Hall–Kier alpha value is -4.01. The van der Waals surface area contributed by atoms with Gasteiger partial charge in [0.25, 0.3) is 5.91 Å². The van der Waals surface area contributed by atoms with Gasteiger partial charge in [-0.1, -0.05) is 28.6 Å². The van der Waals surface area contributed by atoms with Crippen molar-refractivity contribution >= 4 is 48.3 Å². The topological polar surface area (TPSA) is 158 Å². The van der Waals surface area contributed by atoms with E-state index in [1.165, 1.54) is 35.6 Å². The molecule has 5 rings (SSSR count). The maximum absolute atomic E-state index is 13.3. The van der Waals surface area contributed by atoms with Crippen LogP contribution < -0.4 is 15.4 Å². The molecule has 4 aromatic rings. The summed E-state index contributed by atoms with van der Waals surface area (Å²) in [5.41, 5.74) is 0.915. The summed E-state index contributed by atoms with van der Waals surface area (Å²) in [5, 5.41) is 9.84. The number of nitrogens with zero attached hydrogens (tertiary/aromatic N) is 5. The fourth-order valence-electron chi connectivity index (χ4n) is 3.67. The first-order valence-electron chi connectivity index (χ1n) is 12.6. The lowest BCUT2D eigenvalue weighted by atomic mass is 10.1. The minimum absolute atomic E-state index is 0.0616. The van der Waals surface area contributed by atoms with Crippen LogP contribution in [0.1, 0.15) is 30.7 Å². The summed E-state index contributed by atoms with van der Waals surface area (Å²) in [7, 11) is -1.49. The van der Waals surface area contributed by atoms with Crippen molar-refractivity contribution in [3.8, 4) is 5.88 Å². The van der Waals surface area contributed by atoms with E-state index in [1.54, 1.807) is 30.6 Å². The number of oxime groups is 1. The van der Waals surface area contributed by atoms with Crippen LogP contribution in [-0.4, -0.2) is 65.4 Å². The second-order valence-electron chi connectivity index (χ2n) is 8.90. The number of rotatable bonds is 13. The SMILES string of the molecule is CNCCCOc1ccc2nc(NC(=O)C(=NOCc3ncccn3)c3ccc(S(=O)(=O)C4CC4)cc3)sc2n1. The van der Waals surface area contributed by atoms with Gasteiger partial charge >= 0.3 is 0 Å². The molecule has 14 heteroatoms. The molecule has 3 heterocycles. The van der Waals surface area contributed by atoms with Crippen LogP contribution in [0.25, 0.3) is 10.3 Å². The van der Waals surface area contributed by atoms with Crippen molar-refractivity contribution in [1.82, 2.24) is 25.3 Å². The van der Waals surface area contributed by atoms with Gasteiger partial charge in [-0.3, -0.25) is 10.1 Å². The quantitative estimate of drug-likeness (QED) is 0.137. The standard InChI is InChI=1S/C26H27N7O5S2/c1-27-12-3-15-37-22-11-10-20-25(31-22)39-26(30-20)32-24(34)23(33-38-16-21-28-13-2-14-29-21)17-4-6-18(7-5-17)40(35,36)19-8-9-19/h2,4-7,10-11,13-14,19,27H,3,8-9,12,15-16H2,1H3,(H,30,32,34). The third-order valence-electron chi connectivity index (χ3n) is 5.87. The monoisotopic (exact) mass is 581 g/mol. The second-order valence-corrected chi connectivity index (χ2v) is 12.1. The molecule has 0 saturated heterocycles. The molecule has 208 valence electrons. The summed E-state index contributed by atoms with van der Waals surface area (Å²) < 4.78 is 30.9. The van der Waals surface area contributed by atoms with E-state index in [1.807, 2.05) is 7.05 Å². The number of carbonyl (C=O) groups is 1. The van der Waals surface area contributed by atoms with Gasteiger partial charge in [0.05, 0.1) is 16.8 Å². The number of hydrogen-bond donors (Lipinski definition) is 2. The molecule has 0 spiro atoms. The Morgan fingerprint density at radius 1 is 1.10 bits per heavy atom. The van der Waals surface area contributed by atoms with E-state index in [9.17, 15) is 13.2 Å². The van der Waals surface area contributed by atoms with Crippen LogP contribution in [-0.2, 0) is 26.1 Å². The number of benzene rings is 1. The minimum Gasteiger partial charge on any atom is -0.478 e. The molecule has 0 atom stereocenters. The van der Waals surface area contributed by atoms with Gasteiger partial charge in [-0.05, 0) is 57.1 Å². The van der Waals surface area contributed by atoms with Crippen molar-refractivity contribution in [1.29, 1.82) is 0 Å². The Morgan fingerprint density at radius 2 is 1.88 bits per heavy atom. The number of thiazole rings is 1. The molecule has 1 aliphatic carbocycles. The molecular formula is C26H27N7O5S2. The molecule has 0 aliphatic heterocycles. The number of aromatic nitrogens is 4. The zero-order chi connectivity index (χ0) is 28.0. The highest BCUT2D eigenvalue weighted by atomic mass is 32.2. The maximum atomic E-state index is 13.3. The number of fused-ring (bicyclic) bond motifs is 1. The molecule has 1 aliphatic rings. The largest absolute Gasteiger partial charge is 0.478 e. The average molecular weight is 582 g/mol. The Labute approximate surface area is 234 Å². The van der Waals surface area contributed by atoms with Gasteiger partial charge < -0.3 is 14.9 Å². The van der Waals surface area contributed by atoms with Crippen LogP contribution in [0.2, 0.25) is 0 Å². The molecule has 1 amide bonds. The lowest BCUT2D eigenvalue weighted by Gasteiger charge is -2.08. The molecule has 1 fully saturated rings. The molecular weight excluding hydrogens is 554 g/mol. The molecule has 1 saturated carbocycles. The molecule has 2 N–H and O–H groups in total. The Bertz CT molecular complexity index is 1610. The van der Waals surface area contributed by atoms with Gasteiger partial charge in [-0.15, -0.1) is 0 Å². The number of amides is 1. The maximum Gasteiger partial charge on any atom is 0.280 e. The zero-order valence-electron chi connectivity index (χ0n) is 21.6. The lowest BCUT2D eigenvalue weighted by molar-refractivity contribution is -0.110. The van der Waals surface area contributed by atoms with Crippen molar-refractivity contribution in [2.24, 2.45) is 5.16 Å². The first-order chi connectivity index (χ1) is 19.4. The number of sulfone groups is 1. The number of hydrogen-bond acceptors (Lipinski definition) is 12. The average Bonchev–Trinajstić information content (AvgIpc) is 3.75. The number of ether oxygens (including phenoxy) is 1. The van der Waals surface area contributed by atoms with Gasteiger partial charge in [0.2, 0.25) is 5.88 Å². The summed E-state index contributed by atoms with van der Waals surface area (Å²) in [4.78, 5) is 36.6. The molecule has 12 nitrogen and oxygen atoms in total. The van der Waals surface area contributed by atoms with Crippen molar-refractivity contribution in [2.45, 2.75) is 36.0 Å². The summed E-state index contributed by atoms with van der Waals surface area (Å²) in [5.74, 6) is 0.276. The second kappa shape index (κ2) is 12.4. The Morgan fingerprint density at radius 3 is 2.60 bits per heavy atom. The van der Waals surface area contributed by atoms with Crippen LogP contribution in [0.5, 0.6) is 5.88 Å². The predicted octanol–water partition coefficient (Wildman–Crippen LogP) is 2.97. The van der Waals surface area contributed by atoms with Crippen LogP contribution in [0, 0.1) is 0 Å². The predicted molar refractivity (Wildman–Crippen MR) is 150 cm³/mol. The highest BCUT2D eigenvalue weighted by Gasteiger charge is 2.36. The summed E-state index contributed by atoms with van der Waals surface area (Å²) in [6, 6.07) is 11.2. The van der Waals surface area contributed by atoms with Gasteiger partial charge in [0, 0.05) is 24.0 Å². The van der Waals surface area contributed by atoms with Crippen molar-refractivity contribution in [2.75, 3.05) is 25.5 Å². The fraction of sp³-hybridized carbons (Fsp3) is 0.308. The first kappa shape index (κ1) is 27.6. The molecule has 0 unspecified atom stereocenters. The van der Waals surface area contributed by atoms with E-state index in [4.69, 9.17) is 9.57 Å². The van der Waals surface area contributed by atoms with E-state index in [0.717, 1.165) is 13.0 Å². The Kier molecular flexibility index (Phi) is 8.57. The first-order valence-corrected chi connectivity index (χ1v) is 15.0. The fourth-order valence-corrected chi connectivity index (χ4v) is 6.16. The number of anilines is 1. The number of pyridine rings is 1. The summed E-state index contributed by atoms with van der Waals surface area (Å²) in [6.45, 7) is 1.30. The number of carbonyl (C=O) groups excluding carboxylic acids is 1. The third-order valence-corrected chi connectivity index (χ3v) is 9.03. The zero-order valence-corrected chi connectivity index (χ0v) is 23.2. The van der Waals surface area contributed by atoms with E-state index in [0.29, 0.717) is 52.2 Å². The van der Waals surface area contributed by atoms with Crippen molar-refractivity contribution in [3.63, 3.8) is 0 Å².